The van der Waals surface area contributed by atoms with E-state index in [-0.39, 0.29) is 22.9 Å². The zero-order chi connectivity index (χ0) is 35.8. The molecular weight excluding hydrogens is 620 g/mol. The lowest BCUT2D eigenvalue weighted by molar-refractivity contribution is -0.138. The van der Waals surface area contributed by atoms with Crippen LogP contribution in [-0.4, -0.2) is 130 Å². The Kier molecular flexibility index (Phi) is 16.9. The molecule has 0 aliphatic carbocycles. The predicted molar refractivity (Wildman–Crippen MR) is 208 cm³/mol. The maximum Gasteiger partial charge on any atom is 0.142 e. The van der Waals surface area contributed by atoms with Crippen molar-refractivity contribution in [2.45, 2.75) is 89.1 Å². The fourth-order valence-corrected chi connectivity index (χ4v) is 9.07. The molecule has 50 heavy (non-hydrogen) atoms. The molecule has 2 aliphatic heterocycles. The van der Waals surface area contributed by atoms with Gasteiger partial charge in [0.2, 0.25) is 0 Å². The van der Waals surface area contributed by atoms with Crippen molar-refractivity contribution in [3.63, 3.8) is 0 Å². The predicted octanol–water partition coefficient (Wildman–Crippen LogP) is 6.70. The molecule has 2 heterocycles. The van der Waals surface area contributed by atoms with Gasteiger partial charge in [0.15, 0.2) is 0 Å². The van der Waals surface area contributed by atoms with E-state index >= 15 is 4.79 Å². The van der Waals surface area contributed by atoms with Gasteiger partial charge >= 0.3 is 0 Å². The van der Waals surface area contributed by atoms with Crippen molar-refractivity contribution < 1.29 is 14.3 Å². The van der Waals surface area contributed by atoms with Crippen LogP contribution < -0.4 is 0 Å². The first-order chi connectivity index (χ1) is 24.3. The number of morpholine rings is 2. The summed E-state index contributed by atoms with van der Waals surface area (Å²) in [4.78, 5) is 25.8. The summed E-state index contributed by atoms with van der Waals surface area (Å²) < 4.78 is 11.2. The Labute approximate surface area is 305 Å². The number of benzene rings is 2. The van der Waals surface area contributed by atoms with Crippen molar-refractivity contribution in [2.24, 2.45) is 11.8 Å². The van der Waals surface area contributed by atoms with E-state index in [0.717, 1.165) is 130 Å². The van der Waals surface area contributed by atoms with Gasteiger partial charge in [-0.05, 0) is 104 Å². The van der Waals surface area contributed by atoms with E-state index in [2.05, 4.69) is 122 Å². The third-order valence-electron chi connectivity index (χ3n) is 12.3. The molecule has 4 rings (SSSR count). The molecule has 2 saturated heterocycles. The average molecular weight is 691 g/mol. The van der Waals surface area contributed by atoms with Gasteiger partial charge in [0.25, 0.3) is 0 Å². The number of nitrogens with zero attached hydrogens (tertiary/aromatic N) is 4. The highest BCUT2D eigenvalue weighted by Crippen LogP contribution is 2.43. The smallest absolute Gasteiger partial charge is 0.142 e. The summed E-state index contributed by atoms with van der Waals surface area (Å²) in [6.45, 7) is 14.2. The van der Waals surface area contributed by atoms with Gasteiger partial charge in [-0.2, -0.15) is 0 Å². The second-order valence-electron chi connectivity index (χ2n) is 15.4. The molecule has 0 bridgehead atoms. The van der Waals surface area contributed by atoms with E-state index < -0.39 is 0 Å². The number of Topliss-reactive ketones (excluding diaryl/α,β-unsaturated/α-hetero) is 1. The molecule has 2 aliphatic rings. The summed E-state index contributed by atoms with van der Waals surface area (Å²) in [6, 6.07) is 21.8. The van der Waals surface area contributed by atoms with E-state index in [9.17, 15) is 0 Å². The highest BCUT2D eigenvalue weighted by molar-refractivity contribution is 5.86. The number of hydrogen-bond acceptors (Lipinski definition) is 7. The maximum absolute atomic E-state index is 15.9. The number of likely N-dealkylation sites (N-methyl/N-ethyl adjacent to an activating group) is 2. The molecule has 0 aromatic heterocycles. The number of ether oxygens (including phenoxy) is 2. The molecule has 7 nitrogen and oxygen atoms in total. The molecule has 0 amide bonds. The second kappa shape index (κ2) is 20.8. The van der Waals surface area contributed by atoms with Crippen molar-refractivity contribution in [3.05, 3.63) is 71.8 Å². The van der Waals surface area contributed by atoms with Crippen LogP contribution in [0.1, 0.15) is 76.3 Å². The monoisotopic (exact) mass is 691 g/mol. The molecule has 0 N–H and O–H groups in total. The molecule has 7 heteroatoms. The molecule has 0 saturated carbocycles. The summed E-state index contributed by atoms with van der Waals surface area (Å²) in [7, 11) is 8.89. The lowest BCUT2D eigenvalue weighted by Crippen LogP contribution is -2.60. The third kappa shape index (κ3) is 10.9. The van der Waals surface area contributed by atoms with Crippen molar-refractivity contribution in [2.75, 3.05) is 93.9 Å². The minimum Gasteiger partial charge on any atom is -0.379 e. The Morgan fingerprint density at radius 1 is 0.620 bits per heavy atom. The molecule has 2 aromatic carbocycles. The van der Waals surface area contributed by atoms with Crippen LogP contribution in [0.5, 0.6) is 0 Å². The van der Waals surface area contributed by atoms with Crippen LogP contribution in [0, 0.1) is 11.8 Å². The summed E-state index contributed by atoms with van der Waals surface area (Å²) in [6.07, 6.45) is 9.80. The molecule has 4 atom stereocenters. The largest absolute Gasteiger partial charge is 0.379 e. The van der Waals surface area contributed by atoms with Crippen molar-refractivity contribution in [1.82, 2.24) is 19.6 Å². The van der Waals surface area contributed by atoms with Gasteiger partial charge in [-0.25, -0.2) is 0 Å². The van der Waals surface area contributed by atoms with Crippen LogP contribution in [0.2, 0.25) is 0 Å². The number of rotatable bonds is 22. The zero-order valence-electron chi connectivity index (χ0n) is 32.6. The van der Waals surface area contributed by atoms with Crippen molar-refractivity contribution in [1.29, 1.82) is 0 Å². The highest BCUT2D eigenvalue weighted by Gasteiger charge is 2.50. The SMILES string of the molecule is CCC(Cc1ccccc1)(C(CCCCN1CCOCC1)C(=O)C(CCCCN1CCOCC1)C(CC)(Cc1ccccc1)N(C)C)N(C)C. The topological polar surface area (TPSA) is 48.5 Å². The number of carbonyl (C=O) groups is 1. The number of carbonyl (C=O) groups excluding carboxylic acids is 1. The minimum atomic E-state index is -0.276. The van der Waals surface area contributed by atoms with E-state index in [1.807, 2.05) is 0 Å². The molecule has 0 radical (unpaired) electrons. The van der Waals surface area contributed by atoms with Crippen LogP contribution in [0.25, 0.3) is 0 Å². The van der Waals surface area contributed by atoms with E-state index in [0.29, 0.717) is 5.78 Å². The first kappa shape index (κ1) is 40.6. The molecule has 0 spiro atoms. The van der Waals surface area contributed by atoms with Crippen molar-refractivity contribution in [3.8, 4) is 0 Å². The Morgan fingerprint density at radius 2 is 0.980 bits per heavy atom. The van der Waals surface area contributed by atoms with Crippen LogP contribution in [0.15, 0.2) is 60.7 Å². The quantitative estimate of drug-likeness (QED) is 0.128. The molecule has 2 aromatic rings. The van der Waals surface area contributed by atoms with Gasteiger partial charge in [-0.1, -0.05) is 87.4 Å². The third-order valence-corrected chi connectivity index (χ3v) is 12.3. The first-order valence-electron chi connectivity index (χ1n) is 19.8. The Morgan fingerprint density at radius 3 is 1.30 bits per heavy atom. The van der Waals surface area contributed by atoms with E-state index in [4.69, 9.17) is 9.47 Å². The van der Waals surface area contributed by atoms with Crippen LogP contribution in [0.4, 0.5) is 0 Å². The van der Waals surface area contributed by atoms with Crippen LogP contribution in [-0.2, 0) is 27.1 Å². The average Bonchev–Trinajstić information content (AvgIpc) is 3.14. The van der Waals surface area contributed by atoms with Crippen molar-refractivity contribution >= 4 is 5.78 Å². The summed E-state index contributed by atoms with van der Waals surface area (Å²) in [5.74, 6) is 0.345. The van der Waals surface area contributed by atoms with Gasteiger partial charge in [0, 0.05) is 49.1 Å². The Hall–Kier alpha value is -2.13. The molecular formula is C43H70N4O3. The highest BCUT2D eigenvalue weighted by atomic mass is 16.5. The summed E-state index contributed by atoms with van der Waals surface area (Å²) in [5.41, 5.74) is 2.08. The van der Waals surface area contributed by atoms with Gasteiger partial charge < -0.3 is 19.3 Å². The minimum absolute atomic E-state index is 0.0710. The van der Waals surface area contributed by atoms with Gasteiger partial charge in [-0.3, -0.25) is 14.6 Å². The van der Waals surface area contributed by atoms with Gasteiger partial charge in [0.1, 0.15) is 5.78 Å². The Bertz CT molecular complexity index is 1120. The fourth-order valence-electron chi connectivity index (χ4n) is 9.07. The van der Waals surface area contributed by atoms with Gasteiger partial charge in [0.05, 0.1) is 26.4 Å². The zero-order valence-corrected chi connectivity index (χ0v) is 32.6. The van der Waals surface area contributed by atoms with E-state index in [1.165, 1.54) is 11.1 Å². The number of hydrogen-bond donors (Lipinski definition) is 0. The normalized spacial score (nSPS) is 20.0. The van der Waals surface area contributed by atoms with Crippen LogP contribution >= 0.6 is 0 Å². The summed E-state index contributed by atoms with van der Waals surface area (Å²) >= 11 is 0. The maximum atomic E-state index is 15.9. The first-order valence-corrected chi connectivity index (χ1v) is 19.8. The number of unbranched alkanes of at least 4 members (excludes halogenated alkanes) is 2. The fraction of sp³-hybridized carbons (Fsp3) is 0.698. The standard InChI is InChI=1S/C43H70N4O3/c1-7-42(44(3)4,35-37-19-11-9-12-20-37)39(23-15-17-25-46-27-31-49-32-28-46)41(48)40(24-16-18-26-47-29-33-50-34-30-47)43(8-2,45(5)6)36-38-21-13-10-14-22-38/h9-14,19-22,39-40H,7-8,15-18,23-36H2,1-6H3. The molecule has 2 fully saturated rings. The summed E-state index contributed by atoms with van der Waals surface area (Å²) in [5, 5.41) is 0. The molecule has 280 valence electrons. The van der Waals surface area contributed by atoms with E-state index in [1.54, 1.807) is 0 Å². The second-order valence-corrected chi connectivity index (χ2v) is 15.4. The lowest BCUT2D eigenvalue weighted by Gasteiger charge is -2.51. The lowest BCUT2D eigenvalue weighted by atomic mass is 9.63. The van der Waals surface area contributed by atoms with Gasteiger partial charge in [-0.15, -0.1) is 0 Å². The number of ketones is 1. The molecule has 4 unspecified atom stereocenters. The van der Waals surface area contributed by atoms with Crippen LogP contribution in [0.3, 0.4) is 0 Å². The Balaban J connectivity index is 1.70.